The van der Waals surface area contributed by atoms with Crippen molar-refractivity contribution in [2.75, 3.05) is 13.2 Å². The molecule has 1 N–H and O–H groups in total. The summed E-state index contributed by atoms with van der Waals surface area (Å²) >= 11 is 0. The molecule has 0 heterocycles. The number of hydrogen-bond donors (Lipinski definition) is 1. The summed E-state index contributed by atoms with van der Waals surface area (Å²) in [5.74, 6) is -0.566. The van der Waals surface area contributed by atoms with Gasteiger partial charge in [0.1, 0.15) is 6.61 Å². The summed E-state index contributed by atoms with van der Waals surface area (Å²) in [6.07, 6.45) is 66.8. The van der Waals surface area contributed by atoms with Crippen LogP contribution in [-0.4, -0.2) is 36.4 Å². The van der Waals surface area contributed by atoms with Crippen molar-refractivity contribution in [2.24, 2.45) is 0 Å². The van der Waals surface area contributed by atoms with Gasteiger partial charge in [-0.1, -0.05) is 316 Å². The molecule has 0 saturated carbocycles. The van der Waals surface area contributed by atoms with Gasteiger partial charge in [0, 0.05) is 12.8 Å². The molecule has 1 unspecified atom stereocenters. The Bertz CT molecular complexity index is 875. The predicted molar refractivity (Wildman–Crippen MR) is 275 cm³/mol. The number of unbranched alkanes of at least 4 members (excludes halogenated alkanes) is 47. The van der Waals surface area contributed by atoms with Crippen LogP contribution in [-0.2, 0) is 19.1 Å². The Morgan fingerprint density at radius 3 is 0.698 bits per heavy atom. The van der Waals surface area contributed by atoms with Gasteiger partial charge in [0.25, 0.3) is 0 Å². The Kier molecular flexibility index (Phi) is 54.3. The van der Waals surface area contributed by atoms with E-state index in [4.69, 9.17) is 9.47 Å². The first-order valence-corrected chi connectivity index (χ1v) is 29.1. The van der Waals surface area contributed by atoms with E-state index in [1.54, 1.807) is 0 Å². The molecule has 0 aromatic carbocycles. The maximum absolute atomic E-state index is 12.3. The van der Waals surface area contributed by atoms with Gasteiger partial charge in [-0.25, -0.2) is 0 Å². The molecule has 1 atom stereocenters. The SMILES string of the molecule is CCCCCCCCCCCCCCCCCCCCCCCCCCCCCCCCCCCCC(=O)OC(CO)COC(=O)CCCCCCCCCCCCCCCCC. The van der Waals surface area contributed by atoms with Gasteiger partial charge in [-0.2, -0.15) is 0 Å². The minimum Gasteiger partial charge on any atom is -0.462 e. The van der Waals surface area contributed by atoms with Crippen LogP contribution in [0.3, 0.4) is 0 Å². The predicted octanol–water partition coefficient (Wildman–Crippen LogP) is 19.4. The Morgan fingerprint density at radius 2 is 0.492 bits per heavy atom. The third-order valence-corrected chi connectivity index (χ3v) is 13.7. The molecule has 0 spiro atoms. The molecule has 63 heavy (non-hydrogen) atoms. The van der Waals surface area contributed by atoms with Crippen LogP contribution >= 0.6 is 0 Å². The number of carbonyl (C=O) groups is 2. The van der Waals surface area contributed by atoms with Crippen LogP contribution in [0, 0.1) is 0 Å². The quantitative estimate of drug-likeness (QED) is 0.0486. The van der Waals surface area contributed by atoms with Crippen molar-refractivity contribution in [2.45, 2.75) is 347 Å². The summed E-state index contributed by atoms with van der Waals surface area (Å²) in [6, 6.07) is 0. The highest BCUT2D eigenvalue weighted by molar-refractivity contribution is 5.70. The van der Waals surface area contributed by atoms with Gasteiger partial charge in [-0.3, -0.25) is 9.59 Å². The first-order chi connectivity index (χ1) is 31.1. The number of aliphatic hydroxyl groups is 1. The monoisotopic (exact) mass is 891 g/mol. The Hall–Kier alpha value is -1.10. The summed E-state index contributed by atoms with van der Waals surface area (Å²) in [6.45, 7) is 4.20. The van der Waals surface area contributed by atoms with Crippen molar-refractivity contribution in [1.29, 1.82) is 0 Å². The molecule has 0 bridgehead atoms. The fourth-order valence-electron chi connectivity index (χ4n) is 9.27. The van der Waals surface area contributed by atoms with Gasteiger partial charge in [0.2, 0.25) is 0 Å². The van der Waals surface area contributed by atoms with Crippen molar-refractivity contribution in [3.8, 4) is 0 Å². The zero-order chi connectivity index (χ0) is 45.6. The van der Waals surface area contributed by atoms with Crippen LogP contribution in [0.1, 0.15) is 341 Å². The molecule has 0 aromatic rings. The molecule has 0 amide bonds. The summed E-state index contributed by atoms with van der Waals surface area (Å²) in [7, 11) is 0. The number of aliphatic hydroxyl groups excluding tert-OH is 1. The van der Waals surface area contributed by atoms with Crippen LogP contribution in [0.15, 0.2) is 0 Å². The molecule has 5 nitrogen and oxygen atoms in total. The van der Waals surface area contributed by atoms with Gasteiger partial charge in [-0.15, -0.1) is 0 Å². The molecule has 376 valence electrons. The van der Waals surface area contributed by atoms with E-state index in [9.17, 15) is 14.7 Å². The molecule has 0 rings (SSSR count). The van der Waals surface area contributed by atoms with E-state index in [0.717, 1.165) is 32.1 Å². The highest BCUT2D eigenvalue weighted by atomic mass is 16.6. The number of hydrogen-bond acceptors (Lipinski definition) is 5. The zero-order valence-electron chi connectivity index (χ0n) is 43.1. The zero-order valence-corrected chi connectivity index (χ0v) is 43.1. The molecule has 0 aromatic heterocycles. The highest BCUT2D eigenvalue weighted by Crippen LogP contribution is 2.18. The molecule has 0 aliphatic carbocycles. The first kappa shape index (κ1) is 61.9. The molecule has 5 heteroatoms. The molecule has 0 radical (unpaired) electrons. The number of ether oxygens (including phenoxy) is 2. The summed E-state index contributed by atoms with van der Waals surface area (Å²) in [5, 5.41) is 9.63. The van der Waals surface area contributed by atoms with Crippen LogP contribution in [0.2, 0.25) is 0 Å². The fourth-order valence-corrected chi connectivity index (χ4v) is 9.27. The topological polar surface area (TPSA) is 72.8 Å². The molecular formula is C58H114O5. The lowest BCUT2D eigenvalue weighted by Crippen LogP contribution is -2.28. The van der Waals surface area contributed by atoms with E-state index in [1.165, 1.54) is 283 Å². The van der Waals surface area contributed by atoms with E-state index in [0.29, 0.717) is 12.8 Å². The van der Waals surface area contributed by atoms with Crippen LogP contribution in [0.25, 0.3) is 0 Å². The smallest absolute Gasteiger partial charge is 0.306 e. The van der Waals surface area contributed by atoms with Crippen LogP contribution in [0.5, 0.6) is 0 Å². The lowest BCUT2D eigenvalue weighted by molar-refractivity contribution is -0.161. The molecule has 0 fully saturated rings. The Labute approximate surface area is 395 Å². The summed E-state index contributed by atoms with van der Waals surface area (Å²) in [4.78, 5) is 24.5. The van der Waals surface area contributed by atoms with Crippen molar-refractivity contribution in [3.05, 3.63) is 0 Å². The molecule has 0 aliphatic rings. The standard InChI is InChI=1S/C58H114O5/c1-3-5-7-9-11-13-15-17-19-20-21-22-23-24-25-26-27-28-29-30-31-32-33-34-35-36-37-39-41-43-45-47-49-51-53-58(61)63-56(54-59)55-62-57(60)52-50-48-46-44-42-40-38-18-16-14-12-10-8-6-4-2/h56,59H,3-55H2,1-2H3. The Balaban J connectivity index is 3.34. The van der Waals surface area contributed by atoms with Gasteiger partial charge >= 0.3 is 11.9 Å². The van der Waals surface area contributed by atoms with Gasteiger partial charge in [0.05, 0.1) is 6.61 Å². The minimum absolute atomic E-state index is 0.0561. The third-order valence-electron chi connectivity index (χ3n) is 13.7. The van der Waals surface area contributed by atoms with Crippen molar-refractivity contribution >= 4 is 11.9 Å². The normalized spacial score (nSPS) is 12.0. The number of carbonyl (C=O) groups excluding carboxylic acids is 2. The lowest BCUT2D eigenvalue weighted by Gasteiger charge is -2.15. The van der Waals surface area contributed by atoms with Crippen molar-refractivity contribution in [1.82, 2.24) is 0 Å². The fraction of sp³-hybridized carbons (Fsp3) is 0.966. The van der Waals surface area contributed by atoms with E-state index in [2.05, 4.69) is 13.8 Å². The summed E-state index contributed by atoms with van der Waals surface area (Å²) < 4.78 is 10.7. The molecular weight excluding hydrogens is 777 g/mol. The van der Waals surface area contributed by atoms with E-state index in [1.807, 2.05) is 0 Å². The second-order valence-corrected chi connectivity index (χ2v) is 20.1. The number of rotatable bonds is 55. The number of esters is 2. The largest absolute Gasteiger partial charge is 0.462 e. The van der Waals surface area contributed by atoms with E-state index < -0.39 is 6.10 Å². The highest BCUT2D eigenvalue weighted by Gasteiger charge is 2.16. The first-order valence-electron chi connectivity index (χ1n) is 29.1. The maximum Gasteiger partial charge on any atom is 0.306 e. The van der Waals surface area contributed by atoms with E-state index >= 15 is 0 Å². The molecule has 0 aliphatic heterocycles. The minimum atomic E-state index is -0.763. The van der Waals surface area contributed by atoms with Gasteiger partial charge in [0.15, 0.2) is 6.10 Å². The maximum atomic E-state index is 12.3. The average molecular weight is 892 g/mol. The second-order valence-electron chi connectivity index (χ2n) is 20.1. The summed E-state index contributed by atoms with van der Waals surface area (Å²) in [5.41, 5.74) is 0. The third kappa shape index (κ3) is 53.4. The molecule has 0 saturated heterocycles. The average Bonchev–Trinajstić information content (AvgIpc) is 3.29. The van der Waals surface area contributed by atoms with Crippen LogP contribution < -0.4 is 0 Å². The van der Waals surface area contributed by atoms with E-state index in [-0.39, 0.29) is 25.2 Å². The lowest BCUT2D eigenvalue weighted by atomic mass is 10.0. The Morgan fingerprint density at radius 1 is 0.302 bits per heavy atom. The van der Waals surface area contributed by atoms with Crippen molar-refractivity contribution < 1.29 is 24.2 Å². The van der Waals surface area contributed by atoms with Crippen molar-refractivity contribution in [3.63, 3.8) is 0 Å². The second kappa shape index (κ2) is 55.2. The van der Waals surface area contributed by atoms with Gasteiger partial charge < -0.3 is 14.6 Å². The van der Waals surface area contributed by atoms with Gasteiger partial charge in [-0.05, 0) is 12.8 Å². The van der Waals surface area contributed by atoms with Crippen LogP contribution in [0.4, 0.5) is 0 Å².